The number of anilines is 1. The van der Waals surface area contributed by atoms with E-state index in [0.29, 0.717) is 16.6 Å². The van der Waals surface area contributed by atoms with E-state index in [0.717, 1.165) is 25.2 Å². The summed E-state index contributed by atoms with van der Waals surface area (Å²) in [5.41, 5.74) is 8.61. The van der Waals surface area contributed by atoms with Crippen LogP contribution in [0.2, 0.25) is 5.02 Å². The van der Waals surface area contributed by atoms with Gasteiger partial charge in [0.15, 0.2) is 0 Å². The molecule has 1 heterocycles. The van der Waals surface area contributed by atoms with Gasteiger partial charge in [0.1, 0.15) is 0 Å². The first-order valence-corrected chi connectivity index (χ1v) is 9.57. The van der Waals surface area contributed by atoms with Crippen molar-refractivity contribution in [2.24, 2.45) is 5.73 Å². The molecule has 2 unspecified atom stereocenters. The van der Waals surface area contributed by atoms with Crippen LogP contribution in [0.25, 0.3) is 0 Å². The second kappa shape index (κ2) is 10.1. The summed E-state index contributed by atoms with van der Waals surface area (Å²) < 4.78 is 0. The lowest BCUT2D eigenvalue weighted by Gasteiger charge is -2.38. The summed E-state index contributed by atoms with van der Waals surface area (Å²) in [6, 6.07) is 15.7. The Kier molecular flexibility index (Phi) is 8.11. The highest BCUT2D eigenvalue weighted by atomic mass is 35.5. The van der Waals surface area contributed by atoms with Crippen LogP contribution in [0.3, 0.4) is 0 Å². The van der Waals surface area contributed by atoms with E-state index >= 15 is 0 Å². The van der Waals surface area contributed by atoms with E-state index < -0.39 is 0 Å². The molecule has 4 nitrogen and oxygen atoms in total. The first-order chi connectivity index (χ1) is 12.5. The summed E-state index contributed by atoms with van der Waals surface area (Å²) in [6.07, 6.45) is 3.61. The van der Waals surface area contributed by atoms with Gasteiger partial charge in [-0.1, -0.05) is 42.3 Å². The van der Waals surface area contributed by atoms with Crippen molar-refractivity contribution in [1.82, 2.24) is 4.90 Å². The summed E-state index contributed by atoms with van der Waals surface area (Å²) in [5, 5.41) is 3.40. The number of hydrogen-bond acceptors (Lipinski definition) is 3. The van der Waals surface area contributed by atoms with Crippen LogP contribution in [0.4, 0.5) is 5.69 Å². The van der Waals surface area contributed by atoms with E-state index in [4.69, 9.17) is 17.3 Å². The Morgan fingerprint density at radius 3 is 2.78 bits per heavy atom. The Morgan fingerprint density at radius 1 is 1.26 bits per heavy atom. The van der Waals surface area contributed by atoms with Gasteiger partial charge in [0, 0.05) is 24.3 Å². The maximum absolute atomic E-state index is 12.5. The largest absolute Gasteiger partial charge is 0.327 e. The lowest BCUT2D eigenvalue weighted by Crippen LogP contribution is -2.48. The molecular formula is C21H27Cl2N3O. The van der Waals surface area contributed by atoms with E-state index in [1.54, 1.807) is 12.1 Å². The fraction of sp³-hybridized carbons (Fsp3) is 0.381. The highest BCUT2D eigenvalue weighted by Crippen LogP contribution is 2.23. The molecule has 1 aliphatic rings. The molecule has 1 fully saturated rings. The highest BCUT2D eigenvalue weighted by molar-refractivity contribution is 6.34. The average molecular weight is 408 g/mol. The quantitative estimate of drug-likeness (QED) is 0.753. The number of nitrogens with two attached hydrogens (primary N) is 1. The van der Waals surface area contributed by atoms with Crippen molar-refractivity contribution >= 4 is 35.6 Å². The minimum Gasteiger partial charge on any atom is -0.327 e. The monoisotopic (exact) mass is 407 g/mol. The summed E-state index contributed by atoms with van der Waals surface area (Å²) in [4.78, 5) is 14.9. The molecule has 6 heteroatoms. The molecule has 2 aromatic carbocycles. The fourth-order valence-corrected chi connectivity index (χ4v) is 3.86. The second-order valence-electron chi connectivity index (χ2n) is 7.03. The first-order valence-electron chi connectivity index (χ1n) is 9.19. The molecule has 0 spiro atoms. The van der Waals surface area contributed by atoms with Crippen molar-refractivity contribution in [3.63, 3.8) is 0 Å². The van der Waals surface area contributed by atoms with E-state index in [2.05, 4.69) is 23.2 Å². The molecule has 0 aromatic heterocycles. The van der Waals surface area contributed by atoms with Crippen molar-refractivity contribution in [3.05, 3.63) is 64.7 Å². The van der Waals surface area contributed by atoms with Gasteiger partial charge in [-0.05, 0) is 56.1 Å². The van der Waals surface area contributed by atoms with Crippen LogP contribution in [0, 0.1) is 0 Å². The van der Waals surface area contributed by atoms with E-state index in [9.17, 15) is 4.79 Å². The van der Waals surface area contributed by atoms with Gasteiger partial charge in [-0.3, -0.25) is 9.69 Å². The number of halogens is 2. The topological polar surface area (TPSA) is 58.4 Å². The van der Waals surface area contributed by atoms with Crippen LogP contribution in [-0.4, -0.2) is 29.4 Å². The minimum absolute atomic E-state index is 0. The Morgan fingerprint density at radius 2 is 2.04 bits per heavy atom. The van der Waals surface area contributed by atoms with Crippen LogP contribution in [0.15, 0.2) is 48.5 Å². The normalized spacial score (nSPS) is 18.4. The Labute approximate surface area is 172 Å². The third-order valence-corrected chi connectivity index (χ3v) is 5.29. The van der Waals surface area contributed by atoms with Gasteiger partial charge < -0.3 is 11.1 Å². The molecule has 1 aliphatic heterocycles. The van der Waals surface area contributed by atoms with Crippen molar-refractivity contribution < 1.29 is 4.79 Å². The molecule has 0 saturated carbocycles. The maximum Gasteiger partial charge on any atom is 0.257 e. The van der Waals surface area contributed by atoms with Gasteiger partial charge in [-0.25, -0.2) is 0 Å². The molecule has 0 radical (unpaired) electrons. The number of nitrogens with zero attached hydrogens (tertiary/aromatic N) is 1. The number of amides is 1. The van der Waals surface area contributed by atoms with Crippen LogP contribution in [0.1, 0.15) is 42.1 Å². The zero-order chi connectivity index (χ0) is 18.5. The number of rotatable bonds is 5. The smallest absolute Gasteiger partial charge is 0.257 e. The molecule has 1 saturated heterocycles. The predicted octanol–water partition coefficient (Wildman–Crippen LogP) is 4.72. The highest BCUT2D eigenvalue weighted by Gasteiger charge is 2.25. The number of hydrogen-bond donors (Lipinski definition) is 2. The number of likely N-dealkylation sites (tertiary alicyclic amines) is 1. The molecule has 3 N–H and O–H groups in total. The lowest BCUT2D eigenvalue weighted by molar-refractivity contribution is 0.102. The van der Waals surface area contributed by atoms with Crippen molar-refractivity contribution in [1.29, 1.82) is 0 Å². The molecule has 146 valence electrons. The number of carbonyl (C=O) groups is 1. The Balaban J connectivity index is 0.00000261. The minimum atomic E-state index is -0.195. The lowest BCUT2D eigenvalue weighted by atomic mass is 9.96. The predicted molar refractivity (Wildman–Crippen MR) is 115 cm³/mol. The first kappa shape index (κ1) is 21.7. The number of nitrogens with one attached hydrogen (secondary N) is 1. The molecular weight excluding hydrogens is 381 g/mol. The summed E-state index contributed by atoms with van der Waals surface area (Å²) in [6.45, 7) is 4.01. The SMILES string of the molecule is CC(N)C1CCCCN1Cc1cccc(NC(=O)c2ccccc2Cl)c1.Cl. The summed E-state index contributed by atoms with van der Waals surface area (Å²) >= 11 is 6.11. The Hall–Kier alpha value is -1.59. The molecule has 3 rings (SSSR count). The van der Waals surface area contributed by atoms with Gasteiger partial charge in [0.25, 0.3) is 5.91 Å². The van der Waals surface area contributed by atoms with Crippen molar-refractivity contribution in [2.45, 2.75) is 44.8 Å². The van der Waals surface area contributed by atoms with E-state index in [1.165, 1.54) is 18.4 Å². The third kappa shape index (κ3) is 5.69. The molecule has 0 bridgehead atoms. The maximum atomic E-state index is 12.5. The molecule has 2 aromatic rings. The van der Waals surface area contributed by atoms with E-state index in [1.807, 2.05) is 30.3 Å². The van der Waals surface area contributed by atoms with Gasteiger partial charge >= 0.3 is 0 Å². The van der Waals surface area contributed by atoms with Crippen LogP contribution in [-0.2, 0) is 6.54 Å². The van der Waals surface area contributed by atoms with Crippen LogP contribution < -0.4 is 11.1 Å². The zero-order valence-electron chi connectivity index (χ0n) is 15.5. The summed E-state index contributed by atoms with van der Waals surface area (Å²) in [5.74, 6) is -0.195. The van der Waals surface area contributed by atoms with Crippen molar-refractivity contribution in [3.8, 4) is 0 Å². The fourth-order valence-electron chi connectivity index (χ4n) is 3.63. The summed E-state index contributed by atoms with van der Waals surface area (Å²) in [7, 11) is 0. The van der Waals surface area contributed by atoms with E-state index in [-0.39, 0.29) is 24.4 Å². The zero-order valence-corrected chi connectivity index (χ0v) is 17.1. The van der Waals surface area contributed by atoms with Gasteiger partial charge in [0.2, 0.25) is 0 Å². The second-order valence-corrected chi connectivity index (χ2v) is 7.43. The van der Waals surface area contributed by atoms with Crippen LogP contribution in [0.5, 0.6) is 0 Å². The Bertz CT molecular complexity index is 767. The van der Waals surface area contributed by atoms with Crippen LogP contribution >= 0.6 is 24.0 Å². The molecule has 1 amide bonds. The van der Waals surface area contributed by atoms with Gasteiger partial charge in [-0.15, -0.1) is 12.4 Å². The van der Waals surface area contributed by atoms with Gasteiger partial charge in [0.05, 0.1) is 10.6 Å². The standard InChI is InChI=1S/C21H26ClN3O.ClH/c1-15(23)20-11-4-5-12-25(20)14-16-7-6-8-17(13-16)24-21(26)18-9-2-3-10-19(18)22;/h2-3,6-10,13,15,20H,4-5,11-12,14,23H2,1H3,(H,24,26);1H. The molecule has 27 heavy (non-hydrogen) atoms. The van der Waals surface area contributed by atoms with Gasteiger partial charge in [-0.2, -0.15) is 0 Å². The number of carbonyl (C=O) groups excluding carboxylic acids is 1. The third-order valence-electron chi connectivity index (χ3n) is 4.96. The molecule has 2 atom stereocenters. The number of benzene rings is 2. The number of piperidine rings is 1. The average Bonchev–Trinajstić information content (AvgIpc) is 2.62. The van der Waals surface area contributed by atoms with Crippen molar-refractivity contribution in [2.75, 3.05) is 11.9 Å². The molecule has 0 aliphatic carbocycles.